The number of thiazole rings is 1. The molecule has 0 aliphatic carbocycles. The molecule has 1 aliphatic heterocycles. The molecule has 4 nitrogen and oxygen atoms in total. The van der Waals surface area contributed by atoms with Gasteiger partial charge in [-0.05, 0) is 37.5 Å². The second kappa shape index (κ2) is 7.97. The van der Waals surface area contributed by atoms with Crippen LogP contribution in [0.25, 0.3) is 10.2 Å². The SMILES string of the molecule is Cc1ccc(CC(=O)N(CC2CCCO2)c2nc3c(Cl)cccc3s2)cc1. The van der Waals surface area contributed by atoms with E-state index in [4.69, 9.17) is 16.3 Å². The Morgan fingerprint density at radius 2 is 2.11 bits per heavy atom. The summed E-state index contributed by atoms with van der Waals surface area (Å²) in [6.45, 7) is 3.33. The van der Waals surface area contributed by atoms with Crippen LogP contribution >= 0.6 is 22.9 Å². The first-order chi connectivity index (χ1) is 13.1. The maximum atomic E-state index is 13.2. The van der Waals surface area contributed by atoms with Gasteiger partial charge in [0.1, 0.15) is 5.52 Å². The molecule has 1 aliphatic rings. The van der Waals surface area contributed by atoms with Crippen LogP contribution in [0.4, 0.5) is 5.13 Å². The first-order valence-corrected chi connectivity index (χ1v) is 10.3. The van der Waals surface area contributed by atoms with E-state index in [-0.39, 0.29) is 12.0 Å². The van der Waals surface area contributed by atoms with Gasteiger partial charge >= 0.3 is 0 Å². The van der Waals surface area contributed by atoms with Crippen LogP contribution in [0.5, 0.6) is 0 Å². The molecule has 4 rings (SSSR count). The number of aromatic nitrogens is 1. The Kier molecular flexibility index (Phi) is 5.43. The quantitative estimate of drug-likeness (QED) is 0.604. The fourth-order valence-corrected chi connectivity index (χ4v) is 4.57. The standard InChI is InChI=1S/C21H21ClN2O2S/c1-14-7-9-15(10-8-14)12-19(25)24(13-16-4-3-11-26-16)21-23-20-17(22)5-2-6-18(20)27-21/h2,5-10,16H,3-4,11-13H2,1H3. The maximum absolute atomic E-state index is 13.2. The molecule has 1 atom stereocenters. The fourth-order valence-electron chi connectivity index (χ4n) is 3.27. The molecule has 1 aromatic heterocycles. The molecule has 1 unspecified atom stereocenters. The van der Waals surface area contributed by atoms with Gasteiger partial charge in [-0.3, -0.25) is 9.69 Å². The van der Waals surface area contributed by atoms with E-state index in [9.17, 15) is 4.79 Å². The number of carbonyl (C=O) groups is 1. The average molecular weight is 401 g/mol. The number of rotatable bonds is 5. The minimum Gasteiger partial charge on any atom is -0.376 e. The third-order valence-electron chi connectivity index (χ3n) is 4.78. The van der Waals surface area contributed by atoms with Crippen LogP contribution in [-0.2, 0) is 16.0 Å². The normalized spacial score (nSPS) is 16.7. The lowest BCUT2D eigenvalue weighted by Crippen LogP contribution is -2.38. The van der Waals surface area contributed by atoms with Gasteiger partial charge in [-0.25, -0.2) is 4.98 Å². The lowest BCUT2D eigenvalue weighted by Gasteiger charge is -2.23. The lowest BCUT2D eigenvalue weighted by atomic mass is 10.1. The van der Waals surface area contributed by atoms with Crippen molar-refractivity contribution < 1.29 is 9.53 Å². The van der Waals surface area contributed by atoms with Gasteiger partial charge < -0.3 is 4.74 Å². The number of ether oxygens (including phenoxy) is 1. The van der Waals surface area contributed by atoms with Gasteiger partial charge in [0.15, 0.2) is 5.13 Å². The van der Waals surface area contributed by atoms with Crippen molar-refractivity contribution >= 4 is 44.2 Å². The first kappa shape index (κ1) is 18.4. The molecule has 0 saturated carbocycles. The van der Waals surface area contributed by atoms with E-state index in [1.54, 1.807) is 4.90 Å². The van der Waals surface area contributed by atoms with Crippen LogP contribution in [0, 0.1) is 6.92 Å². The number of fused-ring (bicyclic) bond motifs is 1. The number of para-hydroxylation sites is 1. The predicted octanol–water partition coefficient (Wildman–Crippen LogP) is 5.01. The molecule has 1 amide bonds. The number of anilines is 1. The lowest BCUT2D eigenvalue weighted by molar-refractivity contribution is -0.118. The molecule has 2 aromatic carbocycles. The molecular weight excluding hydrogens is 380 g/mol. The van der Waals surface area contributed by atoms with E-state index in [1.165, 1.54) is 16.9 Å². The predicted molar refractivity (Wildman–Crippen MR) is 111 cm³/mol. The largest absolute Gasteiger partial charge is 0.376 e. The topological polar surface area (TPSA) is 42.4 Å². The van der Waals surface area contributed by atoms with Crippen molar-refractivity contribution in [3.8, 4) is 0 Å². The molecule has 0 radical (unpaired) electrons. The zero-order valence-electron chi connectivity index (χ0n) is 15.2. The summed E-state index contributed by atoms with van der Waals surface area (Å²) >= 11 is 7.78. The minimum absolute atomic E-state index is 0.0320. The number of benzene rings is 2. The number of nitrogens with zero attached hydrogens (tertiary/aromatic N) is 2. The number of aryl methyl sites for hydroxylation is 1. The van der Waals surface area contributed by atoms with Gasteiger partial charge in [-0.2, -0.15) is 0 Å². The Hall–Kier alpha value is -1.95. The number of hydrogen-bond donors (Lipinski definition) is 0. The Morgan fingerprint density at radius 3 is 2.81 bits per heavy atom. The zero-order chi connectivity index (χ0) is 18.8. The summed E-state index contributed by atoms with van der Waals surface area (Å²) in [6, 6.07) is 13.8. The first-order valence-electron chi connectivity index (χ1n) is 9.13. The number of hydrogen-bond acceptors (Lipinski definition) is 4. The van der Waals surface area contributed by atoms with E-state index in [1.807, 2.05) is 49.4 Å². The number of amides is 1. The van der Waals surface area contributed by atoms with Crippen molar-refractivity contribution in [2.75, 3.05) is 18.1 Å². The molecule has 1 saturated heterocycles. The highest BCUT2D eigenvalue weighted by atomic mass is 35.5. The molecule has 140 valence electrons. The highest BCUT2D eigenvalue weighted by Crippen LogP contribution is 2.33. The molecule has 1 fully saturated rings. The van der Waals surface area contributed by atoms with Crippen molar-refractivity contribution in [3.05, 3.63) is 58.6 Å². The van der Waals surface area contributed by atoms with Gasteiger partial charge in [0.05, 0.1) is 28.8 Å². The number of halogens is 1. The van der Waals surface area contributed by atoms with E-state index in [0.29, 0.717) is 23.1 Å². The summed E-state index contributed by atoms with van der Waals surface area (Å²) < 4.78 is 6.76. The van der Waals surface area contributed by atoms with Gasteiger partial charge in [0.25, 0.3) is 0 Å². The van der Waals surface area contributed by atoms with Crippen LogP contribution in [0.3, 0.4) is 0 Å². The van der Waals surface area contributed by atoms with E-state index in [2.05, 4.69) is 4.98 Å². The molecule has 6 heteroatoms. The summed E-state index contributed by atoms with van der Waals surface area (Å²) in [5.74, 6) is 0.0320. The monoisotopic (exact) mass is 400 g/mol. The fraction of sp³-hybridized carbons (Fsp3) is 0.333. The van der Waals surface area contributed by atoms with Crippen molar-refractivity contribution in [1.29, 1.82) is 0 Å². The molecule has 0 spiro atoms. The summed E-state index contributed by atoms with van der Waals surface area (Å²) in [5.41, 5.74) is 2.94. The van der Waals surface area contributed by atoms with Crippen LogP contribution in [0.1, 0.15) is 24.0 Å². The third kappa shape index (κ3) is 4.15. The minimum atomic E-state index is 0.0320. The second-order valence-electron chi connectivity index (χ2n) is 6.88. The highest BCUT2D eigenvalue weighted by molar-refractivity contribution is 7.22. The van der Waals surface area contributed by atoms with Gasteiger partial charge in [0, 0.05) is 6.61 Å². The highest BCUT2D eigenvalue weighted by Gasteiger charge is 2.26. The van der Waals surface area contributed by atoms with Crippen molar-refractivity contribution in [1.82, 2.24) is 4.98 Å². The van der Waals surface area contributed by atoms with Crippen LogP contribution in [-0.4, -0.2) is 30.1 Å². The molecule has 27 heavy (non-hydrogen) atoms. The number of carbonyl (C=O) groups excluding carboxylic acids is 1. The Labute approximate surface area is 167 Å². The van der Waals surface area contributed by atoms with Crippen LogP contribution < -0.4 is 4.90 Å². The van der Waals surface area contributed by atoms with Crippen LogP contribution in [0.2, 0.25) is 5.02 Å². The Bertz CT molecular complexity index is 948. The van der Waals surface area contributed by atoms with Crippen molar-refractivity contribution in [3.63, 3.8) is 0 Å². The summed E-state index contributed by atoms with van der Waals surface area (Å²) in [5, 5.41) is 1.30. The molecule has 3 aromatic rings. The van der Waals surface area contributed by atoms with Crippen molar-refractivity contribution in [2.24, 2.45) is 0 Å². The Balaban J connectivity index is 1.63. The van der Waals surface area contributed by atoms with Gasteiger partial charge in [0.2, 0.25) is 5.91 Å². The zero-order valence-corrected chi connectivity index (χ0v) is 16.7. The van der Waals surface area contributed by atoms with Crippen molar-refractivity contribution in [2.45, 2.75) is 32.3 Å². The van der Waals surface area contributed by atoms with E-state index >= 15 is 0 Å². The Morgan fingerprint density at radius 1 is 1.30 bits per heavy atom. The molecule has 0 N–H and O–H groups in total. The van der Waals surface area contributed by atoms with E-state index in [0.717, 1.165) is 35.2 Å². The molecule has 0 bridgehead atoms. The maximum Gasteiger partial charge on any atom is 0.233 e. The smallest absolute Gasteiger partial charge is 0.233 e. The summed E-state index contributed by atoms with van der Waals surface area (Å²) in [6.07, 6.45) is 2.42. The third-order valence-corrected chi connectivity index (χ3v) is 6.13. The molecular formula is C21H21ClN2O2S. The summed E-state index contributed by atoms with van der Waals surface area (Å²) in [7, 11) is 0. The molecule has 2 heterocycles. The van der Waals surface area contributed by atoms with E-state index < -0.39 is 0 Å². The average Bonchev–Trinajstić information content (AvgIpc) is 3.31. The summed E-state index contributed by atoms with van der Waals surface area (Å²) in [4.78, 5) is 19.6. The van der Waals surface area contributed by atoms with Gasteiger partial charge in [-0.1, -0.05) is 58.8 Å². The second-order valence-corrected chi connectivity index (χ2v) is 8.30. The van der Waals surface area contributed by atoms with Gasteiger partial charge in [-0.15, -0.1) is 0 Å². The van der Waals surface area contributed by atoms with Crippen LogP contribution in [0.15, 0.2) is 42.5 Å².